The smallest absolute Gasteiger partial charge is 0.133 e. The Morgan fingerprint density at radius 2 is 1.75 bits per heavy atom. The summed E-state index contributed by atoms with van der Waals surface area (Å²) in [5, 5.41) is 0. The molecule has 0 spiro atoms. The van der Waals surface area contributed by atoms with E-state index in [0.29, 0.717) is 6.42 Å². The van der Waals surface area contributed by atoms with Gasteiger partial charge in [-0.3, -0.25) is 4.79 Å². The molecule has 12 heavy (non-hydrogen) atoms. The summed E-state index contributed by atoms with van der Waals surface area (Å²) in [6, 6.07) is 0. The molecule has 0 saturated heterocycles. The number of rotatable bonds is 7. The van der Waals surface area contributed by atoms with Crippen molar-refractivity contribution in [3.63, 3.8) is 0 Å². The number of unbranched alkanes of at least 4 members (excludes halogenated alkanes) is 3. The standard InChI is InChI=1S/C11H21O/c1-10(2)8-6-4-5-7-9-11(3)12/h10H,3-9H2,1-2H3. The highest BCUT2D eigenvalue weighted by molar-refractivity contribution is 5.82. The molecular weight excluding hydrogens is 148 g/mol. The van der Waals surface area contributed by atoms with Crippen molar-refractivity contribution >= 4 is 5.78 Å². The van der Waals surface area contributed by atoms with E-state index in [1.807, 2.05) is 0 Å². The van der Waals surface area contributed by atoms with Gasteiger partial charge in [0.2, 0.25) is 0 Å². The second-order valence-electron chi connectivity index (χ2n) is 3.89. The third-order valence-corrected chi connectivity index (χ3v) is 1.99. The van der Waals surface area contributed by atoms with Gasteiger partial charge in [0.15, 0.2) is 0 Å². The summed E-state index contributed by atoms with van der Waals surface area (Å²) >= 11 is 0. The Labute approximate surface area is 76.6 Å². The number of carbonyl (C=O) groups excluding carboxylic acids is 1. The lowest BCUT2D eigenvalue weighted by molar-refractivity contribution is -0.114. The van der Waals surface area contributed by atoms with Gasteiger partial charge in [-0.1, -0.05) is 39.5 Å². The van der Waals surface area contributed by atoms with Crippen LogP contribution in [0.5, 0.6) is 0 Å². The van der Waals surface area contributed by atoms with Crippen LogP contribution in [0.1, 0.15) is 52.4 Å². The predicted octanol–water partition coefficient (Wildman–Crippen LogP) is 3.39. The van der Waals surface area contributed by atoms with E-state index in [1.54, 1.807) is 0 Å². The molecule has 71 valence electrons. The van der Waals surface area contributed by atoms with Gasteiger partial charge in [-0.25, -0.2) is 0 Å². The molecule has 0 saturated carbocycles. The van der Waals surface area contributed by atoms with Gasteiger partial charge in [0, 0.05) is 13.3 Å². The van der Waals surface area contributed by atoms with E-state index >= 15 is 0 Å². The van der Waals surface area contributed by atoms with E-state index in [9.17, 15) is 4.79 Å². The fraction of sp³-hybridized carbons (Fsp3) is 0.818. The molecule has 0 amide bonds. The third kappa shape index (κ3) is 9.67. The van der Waals surface area contributed by atoms with Crippen LogP contribution in [-0.2, 0) is 4.79 Å². The molecule has 0 aromatic rings. The Morgan fingerprint density at radius 1 is 1.17 bits per heavy atom. The molecule has 0 rings (SSSR count). The summed E-state index contributed by atoms with van der Waals surface area (Å²) in [6.45, 7) is 7.84. The van der Waals surface area contributed by atoms with Crippen molar-refractivity contribution in [1.29, 1.82) is 0 Å². The summed E-state index contributed by atoms with van der Waals surface area (Å²) in [7, 11) is 0. The van der Waals surface area contributed by atoms with Crippen molar-refractivity contribution in [2.75, 3.05) is 0 Å². The summed E-state index contributed by atoms with van der Waals surface area (Å²) in [5.41, 5.74) is 0. The highest BCUT2D eigenvalue weighted by atomic mass is 16.1. The molecule has 0 aliphatic rings. The molecule has 0 N–H and O–H groups in total. The zero-order valence-electron chi connectivity index (χ0n) is 8.44. The number of Topliss-reactive ketones (excluding diaryl/α,β-unsaturated/α-hetero) is 1. The Balaban J connectivity index is 2.96. The number of hydrogen-bond donors (Lipinski definition) is 0. The second-order valence-corrected chi connectivity index (χ2v) is 3.89. The molecule has 0 aliphatic carbocycles. The summed E-state index contributed by atoms with van der Waals surface area (Å²) in [5.74, 6) is 0.901. The number of hydrogen-bond acceptors (Lipinski definition) is 1. The van der Waals surface area contributed by atoms with Gasteiger partial charge >= 0.3 is 0 Å². The number of ketones is 1. The zero-order chi connectivity index (χ0) is 9.40. The van der Waals surface area contributed by atoms with Crippen LogP contribution < -0.4 is 0 Å². The minimum Gasteiger partial charge on any atom is -0.300 e. The van der Waals surface area contributed by atoms with Crippen LogP contribution in [0.15, 0.2) is 0 Å². The van der Waals surface area contributed by atoms with Crippen LogP contribution in [0.25, 0.3) is 0 Å². The molecule has 0 heterocycles. The molecular formula is C11H21O. The maximum absolute atomic E-state index is 10.5. The lowest BCUT2D eigenvalue weighted by atomic mass is 10.0. The van der Waals surface area contributed by atoms with Crippen molar-refractivity contribution in [3.8, 4) is 0 Å². The first-order valence-electron chi connectivity index (χ1n) is 4.97. The first-order valence-corrected chi connectivity index (χ1v) is 4.97. The van der Waals surface area contributed by atoms with Crippen LogP contribution >= 0.6 is 0 Å². The molecule has 0 atom stereocenters. The molecule has 1 heteroatoms. The lowest BCUT2D eigenvalue weighted by Gasteiger charge is -2.03. The van der Waals surface area contributed by atoms with Crippen LogP contribution in [-0.4, -0.2) is 5.78 Å². The highest BCUT2D eigenvalue weighted by Gasteiger charge is 1.95. The van der Waals surface area contributed by atoms with Crippen molar-refractivity contribution in [1.82, 2.24) is 0 Å². The Hall–Kier alpha value is -0.330. The topological polar surface area (TPSA) is 17.1 Å². The molecule has 0 aromatic carbocycles. The first kappa shape index (κ1) is 11.7. The lowest BCUT2D eigenvalue weighted by Crippen LogP contribution is -1.91. The predicted molar refractivity (Wildman–Crippen MR) is 52.9 cm³/mol. The van der Waals surface area contributed by atoms with E-state index in [1.165, 1.54) is 25.7 Å². The van der Waals surface area contributed by atoms with E-state index in [-0.39, 0.29) is 5.78 Å². The number of carbonyl (C=O) groups is 1. The van der Waals surface area contributed by atoms with Crippen LogP contribution in [0.4, 0.5) is 0 Å². The van der Waals surface area contributed by atoms with Gasteiger partial charge in [0.1, 0.15) is 5.78 Å². The van der Waals surface area contributed by atoms with E-state index in [2.05, 4.69) is 20.8 Å². The second kappa shape index (κ2) is 7.33. The highest BCUT2D eigenvalue weighted by Crippen LogP contribution is 2.10. The average Bonchev–Trinajstić information content (AvgIpc) is 1.95. The van der Waals surface area contributed by atoms with Gasteiger partial charge in [0.05, 0.1) is 0 Å². The summed E-state index contributed by atoms with van der Waals surface area (Å²) < 4.78 is 0. The monoisotopic (exact) mass is 169 g/mol. The van der Waals surface area contributed by atoms with Gasteiger partial charge in [0.25, 0.3) is 0 Å². The minimum atomic E-state index is 0.0823. The van der Waals surface area contributed by atoms with Gasteiger partial charge in [-0.2, -0.15) is 0 Å². The largest absolute Gasteiger partial charge is 0.300 e. The normalized spacial score (nSPS) is 10.7. The Morgan fingerprint density at radius 3 is 2.25 bits per heavy atom. The van der Waals surface area contributed by atoms with E-state index in [4.69, 9.17) is 0 Å². The third-order valence-electron chi connectivity index (χ3n) is 1.99. The van der Waals surface area contributed by atoms with Crippen molar-refractivity contribution in [3.05, 3.63) is 6.92 Å². The molecule has 1 radical (unpaired) electrons. The minimum absolute atomic E-state index is 0.0823. The van der Waals surface area contributed by atoms with Gasteiger partial charge < -0.3 is 0 Å². The summed E-state index contributed by atoms with van der Waals surface area (Å²) in [4.78, 5) is 10.5. The van der Waals surface area contributed by atoms with Crippen molar-refractivity contribution in [2.24, 2.45) is 5.92 Å². The molecule has 1 nitrogen and oxygen atoms in total. The zero-order valence-corrected chi connectivity index (χ0v) is 8.44. The van der Waals surface area contributed by atoms with Gasteiger partial charge in [-0.15, -0.1) is 0 Å². The Bertz CT molecular complexity index is 116. The van der Waals surface area contributed by atoms with Gasteiger partial charge in [-0.05, 0) is 12.3 Å². The first-order chi connectivity index (χ1) is 5.63. The Kier molecular flexibility index (Phi) is 7.12. The quantitative estimate of drug-likeness (QED) is 0.534. The fourth-order valence-electron chi connectivity index (χ4n) is 1.23. The molecule has 0 aliphatic heterocycles. The van der Waals surface area contributed by atoms with Crippen LogP contribution in [0, 0.1) is 12.8 Å². The van der Waals surface area contributed by atoms with Crippen LogP contribution in [0.3, 0.4) is 0 Å². The molecule has 0 bridgehead atoms. The maximum Gasteiger partial charge on any atom is 0.133 e. The summed E-state index contributed by atoms with van der Waals surface area (Å²) in [6.07, 6.45) is 6.78. The molecule has 0 fully saturated rings. The van der Waals surface area contributed by atoms with Crippen molar-refractivity contribution in [2.45, 2.75) is 52.4 Å². The van der Waals surface area contributed by atoms with E-state index in [0.717, 1.165) is 12.3 Å². The average molecular weight is 169 g/mol. The molecule has 0 unspecified atom stereocenters. The van der Waals surface area contributed by atoms with Crippen molar-refractivity contribution < 1.29 is 4.79 Å². The SMILES string of the molecule is [CH2]C(=O)CCCCCCC(C)C. The van der Waals surface area contributed by atoms with E-state index < -0.39 is 0 Å². The maximum atomic E-state index is 10.5. The van der Waals surface area contributed by atoms with Crippen LogP contribution in [0.2, 0.25) is 0 Å². The fourth-order valence-corrected chi connectivity index (χ4v) is 1.23. The molecule has 0 aromatic heterocycles.